The number of likely N-dealkylation sites (N-methyl/N-ethyl adjacent to an activating group) is 1. The van der Waals surface area contributed by atoms with Crippen molar-refractivity contribution < 1.29 is 9.53 Å². The molecule has 1 amide bonds. The first kappa shape index (κ1) is 12.5. The maximum Gasteiger partial charge on any atom is 0.248 e. The molecule has 0 radical (unpaired) electrons. The molecule has 0 aliphatic carbocycles. The second kappa shape index (κ2) is 6.08. The molecule has 15 heavy (non-hydrogen) atoms. The van der Waals surface area contributed by atoms with E-state index in [1.54, 1.807) is 11.9 Å². The number of carbonyl (C=O) groups excluding carboxylic acids is 1. The van der Waals surface area contributed by atoms with Gasteiger partial charge in [-0.05, 0) is 25.8 Å². The lowest BCUT2D eigenvalue weighted by molar-refractivity contribution is -0.138. The van der Waals surface area contributed by atoms with Crippen molar-refractivity contribution in [1.29, 1.82) is 0 Å². The normalized spacial score (nSPS) is 26.3. The number of hydrogen-bond acceptors (Lipinski definition) is 3. The average molecular weight is 214 g/mol. The Kier molecular flexibility index (Phi) is 5.05. The third kappa shape index (κ3) is 3.80. The van der Waals surface area contributed by atoms with Gasteiger partial charge < -0.3 is 15.0 Å². The van der Waals surface area contributed by atoms with Gasteiger partial charge in [-0.3, -0.25) is 4.79 Å². The molecule has 2 atom stereocenters. The number of hydrogen-bond donors (Lipinski definition) is 1. The fourth-order valence-electron chi connectivity index (χ4n) is 1.65. The minimum Gasteiger partial charge on any atom is -0.367 e. The summed E-state index contributed by atoms with van der Waals surface area (Å²) in [6.45, 7) is 7.01. The highest BCUT2D eigenvalue weighted by molar-refractivity contribution is 5.77. The Morgan fingerprint density at radius 2 is 2.33 bits per heavy atom. The van der Waals surface area contributed by atoms with Crippen LogP contribution in [0.2, 0.25) is 0 Å². The third-order valence-corrected chi connectivity index (χ3v) is 3.08. The average Bonchev–Trinajstić information content (AvgIpc) is 2.26. The van der Waals surface area contributed by atoms with Gasteiger partial charge in [-0.1, -0.05) is 6.92 Å². The van der Waals surface area contributed by atoms with Crippen LogP contribution in [0, 0.1) is 5.92 Å². The van der Waals surface area contributed by atoms with Crippen molar-refractivity contribution in [3.8, 4) is 0 Å². The van der Waals surface area contributed by atoms with Gasteiger partial charge in [0.15, 0.2) is 0 Å². The molecule has 1 rings (SSSR count). The van der Waals surface area contributed by atoms with Crippen LogP contribution >= 0.6 is 0 Å². The standard InChI is InChI=1S/C11H22N2O2/c1-4-13(3)11(14)8-15-10-7-12-6-5-9(10)2/h9-10,12H,4-8H2,1-3H3. The fraction of sp³-hybridized carbons (Fsp3) is 0.909. The van der Waals surface area contributed by atoms with E-state index in [2.05, 4.69) is 12.2 Å². The summed E-state index contributed by atoms with van der Waals surface area (Å²) < 4.78 is 5.63. The van der Waals surface area contributed by atoms with E-state index in [0.29, 0.717) is 5.92 Å². The first-order chi connectivity index (χ1) is 7.15. The SMILES string of the molecule is CCN(C)C(=O)COC1CNCCC1C. The highest BCUT2D eigenvalue weighted by Crippen LogP contribution is 2.14. The molecule has 1 saturated heterocycles. The topological polar surface area (TPSA) is 41.6 Å². The van der Waals surface area contributed by atoms with Crippen molar-refractivity contribution in [2.75, 3.05) is 33.3 Å². The predicted molar refractivity (Wildman–Crippen MR) is 59.7 cm³/mol. The van der Waals surface area contributed by atoms with Crippen molar-refractivity contribution in [3.05, 3.63) is 0 Å². The van der Waals surface area contributed by atoms with Gasteiger partial charge in [0.05, 0.1) is 6.10 Å². The van der Waals surface area contributed by atoms with E-state index in [-0.39, 0.29) is 18.6 Å². The molecule has 1 aliphatic heterocycles. The van der Waals surface area contributed by atoms with E-state index in [1.807, 2.05) is 6.92 Å². The molecule has 0 bridgehead atoms. The monoisotopic (exact) mass is 214 g/mol. The zero-order valence-corrected chi connectivity index (χ0v) is 9.95. The van der Waals surface area contributed by atoms with Crippen LogP contribution in [0.5, 0.6) is 0 Å². The van der Waals surface area contributed by atoms with Crippen LogP contribution in [0.1, 0.15) is 20.3 Å². The van der Waals surface area contributed by atoms with Crippen molar-refractivity contribution >= 4 is 5.91 Å². The molecule has 1 heterocycles. The molecule has 4 heteroatoms. The summed E-state index contributed by atoms with van der Waals surface area (Å²) in [5.74, 6) is 0.612. The maximum atomic E-state index is 11.5. The number of nitrogens with one attached hydrogen (secondary N) is 1. The van der Waals surface area contributed by atoms with E-state index in [0.717, 1.165) is 26.1 Å². The van der Waals surface area contributed by atoms with Crippen LogP contribution in [-0.4, -0.2) is 50.2 Å². The molecule has 88 valence electrons. The lowest BCUT2D eigenvalue weighted by Crippen LogP contribution is -2.43. The number of carbonyl (C=O) groups is 1. The summed E-state index contributed by atoms with van der Waals surface area (Å²) in [6, 6.07) is 0. The number of rotatable bonds is 4. The van der Waals surface area contributed by atoms with Crippen molar-refractivity contribution in [3.63, 3.8) is 0 Å². The van der Waals surface area contributed by atoms with Gasteiger partial charge in [0, 0.05) is 20.1 Å². The van der Waals surface area contributed by atoms with Crippen LogP contribution in [0.15, 0.2) is 0 Å². The summed E-state index contributed by atoms with van der Waals surface area (Å²) in [5, 5.41) is 3.28. The first-order valence-corrected chi connectivity index (χ1v) is 5.71. The van der Waals surface area contributed by atoms with Crippen LogP contribution in [0.3, 0.4) is 0 Å². The molecule has 0 aromatic carbocycles. The van der Waals surface area contributed by atoms with E-state index in [9.17, 15) is 4.79 Å². The zero-order chi connectivity index (χ0) is 11.3. The molecule has 0 saturated carbocycles. The molecule has 0 aromatic heterocycles. The minimum atomic E-state index is 0.0651. The molecular formula is C11H22N2O2. The number of amides is 1. The molecule has 4 nitrogen and oxygen atoms in total. The summed E-state index contributed by atoms with van der Waals surface area (Å²) >= 11 is 0. The van der Waals surface area contributed by atoms with E-state index < -0.39 is 0 Å². The Balaban J connectivity index is 2.26. The second-order valence-corrected chi connectivity index (χ2v) is 4.23. The van der Waals surface area contributed by atoms with Gasteiger partial charge in [-0.2, -0.15) is 0 Å². The minimum absolute atomic E-state index is 0.0651. The Morgan fingerprint density at radius 1 is 1.60 bits per heavy atom. The summed E-state index contributed by atoms with van der Waals surface area (Å²) in [5.41, 5.74) is 0. The quantitative estimate of drug-likeness (QED) is 0.740. The van der Waals surface area contributed by atoms with Gasteiger partial charge >= 0.3 is 0 Å². The third-order valence-electron chi connectivity index (χ3n) is 3.08. The smallest absolute Gasteiger partial charge is 0.248 e. The summed E-state index contributed by atoms with van der Waals surface area (Å²) in [6.07, 6.45) is 1.32. The molecule has 1 aliphatic rings. The highest BCUT2D eigenvalue weighted by atomic mass is 16.5. The molecule has 0 spiro atoms. The van der Waals surface area contributed by atoms with E-state index in [1.165, 1.54) is 0 Å². The van der Waals surface area contributed by atoms with Crippen LogP contribution in [0.4, 0.5) is 0 Å². The van der Waals surface area contributed by atoms with E-state index >= 15 is 0 Å². The van der Waals surface area contributed by atoms with Gasteiger partial charge in [-0.25, -0.2) is 0 Å². The van der Waals surface area contributed by atoms with Gasteiger partial charge in [0.2, 0.25) is 5.91 Å². The number of nitrogens with zero attached hydrogens (tertiary/aromatic N) is 1. The predicted octanol–water partition coefficient (Wildman–Crippen LogP) is 0.479. The van der Waals surface area contributed by atoms with Crippen LogP contribution < -0.4 is 5.32 Å². The highest BCUT2D eigenvalue weighted by Gasteiger charge is 2.22. The molecule has 1 fully saturated rings. The summed E-state index contributed by atoms with van der Waals surface area (Å²) in [7, 11) is 1.80. The molecular weight excluding hydrogens is 192 g/mol. The molecule has 0 aromatic rings. The van der Waals surface area contributed by atoms with Crippen molar-refractivity contribution in [2.24, 2.45) is 5.92 Å². The Morgan fingerprint density at radius 3 is 2.93 bits per heavy atom. The molecule has 2 unspecified atom stereocenters. The van der Waals surface area contributed by atoms with Gasteiger partial charge in [-0.15, -0.1) is 0 Å². The van der Waals surface area contributed by atoms with E-state index in [4.69, 9.17) is 4.74 Å². The molecule has 1 N–H and O–H groups in total. The van der Waals surface area contributed by atoms with Crippen molar-refractivity contribution in [2.45, 2.75) is 26.4 Å². The lowest BCUT2D eigenvalue weighted by Gasteiger charge is -2.29. The Bertz CT molecular complexity index is 209. The number of piperidine rings is 1. The Hall–Kier alpha value is -0.610. The van der Waals surface area contributed by atoms with Crippen LogP contribution in [-0.2, 0) is 9.53 Å². The fourth-order valence-corrected chi connectivity index (χ4v) is 1.65. The summed E-state index contributed by atoms with van der Waals surface area (Å²) in [4.78, 5) is 13.2. The maximum absolute atomic E-state index is 11.5. The first-order valence-electron chi connectivity index (χ1n) is 5.71. The van der Waals surface area contributed by atoms with Gasteiger partial charge in [0.1, 0.15) is 6.61 Å². The number of ether oxygens (including phenoxy) is 1. The second-order valence-electron chi connectivity index (χ2n) is 4.23. The van der Waals surface area contributed by atoms with Crippen molar-refractivity contribution in [1.82, 2.24) is 10.2 Å². The van der Waals surface area contributed by atoms with Crippen LogP contribution in [0.25, 0.3) is 0 Å². The lowest BCUT2D eigenvalue weighted by atomic mass is 9.97. The largest absolute Gasteiger partial charge is 0.367 e. The van der Waals surface area contributed by atoms with Gasteiger partial charge in [0.25, 0.3) is 0 Å². The Labute approximate surface area is 92.0 Å². The zero-order valence-electron chi connectivity index (χ0n) is 9.95.